The molecule has 4 bridgehead atoms. The molecule has 0 fully saturated rings. The van der Waals surface area contributed by atoms with Crippen LogP contribution in [0, 0.1) is 0 Å². The molecule has 0 N–H and O–H groups in total. The second kappa shape index (κ2) is 17.2. The van der Waals surface area contributed by atoms with E-state index in [9.17, 15) is 0 Å². The van der Waals surface area contributed by atoms with E-state index in [1.54, 1.807) is 0 Å². The number of hydrogen-bond acceptors (Lipinski definition) is 0. The Bertz CT molecular complexity index is 780. The van der Waals surface area contributed by atoms with Gasteiger partial charge in [0.1, 0.15) is 13.1 Å². The lowest BCUT2D eigenvalue weighted by Crippen LogP contribution is -2.33. The lowest BCUT2D eigenvalue weighted by atomic mass is 10.1. The summed E-state index contributed by atoms with van der Waals surface area (Å²) < 4.78 is 4.77. The molecule has 0 unspecified atom stereocenters. The van der Waals surface area contributed by atoms with Gasteiger partial charge in [0.15, 0.2) is 24.8 Å². The molecule has 1 aliphatic heterocycles. The van der Waals surface area contributed by atoms with E-state index >= 15 is 0 Å². The first kappa shape index (κ1) is 26.4. The van der Waals surface area contributed by atoms with E-state index in [4.69, 9.17) is 0 Å². The fraction of sp³-hybridized carbons (Fsp3) is 0.562. The summed E-state index contributed by atoms with van der Waals surface area (Å²) in [5.41, 5.74) is 2.87. The van der Waals surface area contributed by atoms with Gasteiger partial charge in [0.2, 0.25) is 0 Å². The molecule has 3 heterocycles. The van der Waals surface area contributed by atoms with Crippen LogP contribution in [0.15, 0.2) is 73.4 Å². The van der Waals surface area contributed by atoms with Crippen molar-refractivity contribution in [1.29, 1.82) is 0 Å². The fourth-order valence-electron chi connectivity index (χ4n) is 4.87. The number of nitrogens with zero attached hydrogens (tertiary/aromatic N) is 2. The van der Waals surface area contributed by atoms with Crippen LogP contribution in [0.25, 0.3) is 0 Å². The number of rotatable bonds is 0. The molecule has 0 spiro atoms. The van der Waals surface area contributed by atoms with Crippen LogP contribution >= 0.6 is 0 Å². The summed E-state index contributed by atoms with van der Waals surface area (Å²) in [6, 6.07) is 8.96. The van der Waals surface area contributed by atoms with E-state index in [0.29, 0.717) is 0 Å². The highest BCUT2D eigenvalue weighted by Crippen LogP contribution is 2.10. The summed E-state index contributed by atoms with van der Waals surface area (Å²) in [6.45, 7) is 2.31. The molecular weight excluding hydrogens is 412 g/mol. The predicted octanol–water partition coefficient (Wildman–Crippen LogP) is 7.63. The van der Waals surface area contributed by atoms with Gasteiger partial charge in [-0.3, -0.25) is 0 Å². The van der Waals surface area contributed by atoms with E-state index in [1.807, 2.05) is 0 Å². The Balaban J connectivity index is 1.44. The zero-order chi connectivity index (χ0) is 23.5. The summed E-state index contributed by atoms with van der Waals surface area (Å²) in [5, 5.41) is 0. The molecular formula is C32H48N2+2. The molecule has 1 aliphatic rings. The standard InChI is InChI=1S/C32H48N2/c1-3-7-11-15-21-31-23-19-28-34(29-31)26-18-14-10-6-2-4-8-12-16-22-32-24-20-27-33(30-32)25-17-13-9-5-1/h11-12,15-16,19-20,23-24,27-30H,1-10,13-14,17-18,21-22,25-26H2/q+2/b15-11-,16-12-. The molecule has 2 aromatic rings. The molecule has 0 saturated carbocycles. The molecule has 0 amide bonds. The Hall–Kier alpha value is -2.22. The maximum atomic E-state index is 2.39. The van der Waals surface area contributed by atoms with Gasteiger partial charge in [-0.25, -0.2) is 9.13 Å². The van der Waals surface area contributed by atoms with Gasteiger partial charge in [0, 0.05) is 36.1 Å². The van der Waals surface area contributed by atoms with E-state index < -0.39 is 0 Å². The molecule has 2 aromatic heterocycles. The van der Waals surface area contributed by atoms with Crippen LogP contribution in [0.1, 0.15) is 101 Å². The topological polar surface area (TPSA) is 7.76 Å². The second-order valence-corrected chi connectivity index (χ2v) is 10.1. The first-order valence-corrected chi connectivity index (χ1v) is 14.2. The van der Waals surface area contributed by atoms with Crippen molar-refractivity contribution in [2.24, 2.45) is 0 Å². The van der Waals surface area contributed by atoms with Crippen LogP contribution in [0.4, 0.5) is 0 Å². The Kier molecular flexibility index (Phi) is 13.4. The summed E-state index contributed by atoms with van der Waals surface area (Å²) in [7, 11) is 0. The van der Waals surface area contributed by atoms with Gasteiger partial charge in [-0.1, -0.05) is 62.8 Å². The molecule has 0 radical (unpaired) electrons. The maximum Gasteiger partial charge on any atom is 0.172 e. The molecule has 2 nitrogen and oxygen atoms in total. The summed E-state index contributed by atoms with van der Waals surface area (Å²) >= 11 is 0. The van der Waals surface area contributed by atoms with Crippen LogP contribution in [0.2, 0.25) is 0 Å². The Morgan fingerprint density at radius 2 is 0.853 bits per heavy atom. The summed E-state index contributed by atoms with van der Waals surface area (Å²) in [4.78, 5) is 0. The van der Waals surface area contributed by atoms with Gasteiger partial charge in [-0.2, -0.15) is 0 Å². The predicted molar refractivity (Wildman–Crippen MR) is 144 cm³/mol. The van der Waals surface area contributed by atoms with Gasteiger partial charge in [0.25, 0.3) is 0 Å². The SMILES string of the molecule is C1=C\Cc2ccc[n+](c2)CCCCCCCC/C=C\Cc2ccc[n+](c2)CCCCCCCC/1. The number of allylic oxidation sites excluding steroid dienone is 4. The molecule has 0 aromatic carbocycles. The van der Waals surface area contributed by atoms with Crippen molar-refractivity contribution in [1.82, 2.24) is 0 Å². The molecule has 2 heteroatoms. The smallest absolute Gasteiger partial charge is 0.172 e. The highest BCUT2D eigenvalue weighted by Gasteiger charge is 2.03. The van der Waals surface area contributed by atoms with Crippen molar-refractivity contribution >= 4 is 0 Å². The van der Waals surface area contributed by atoms with Crippen LogP contribution in [0.3, 0.4) is 0 Å². The highest BCUT2D eigenvalue weighted by atomic mass is 14.9. The second-order valence-electron chi connectivity index (χ2n) is 10.1. The first-order chi connectivity index (χ1) is 16.9. The minimum atomic E-state index is 1.06. The normalized spacial score (nSPS) is 20.5. The van der Waals surface area contributed by atoms with E-state index in [0.717, 1.165) is 25.9 Å². The van der Waals surface area contributed by atoms with Crippen molar-refractivity contribution in [3.8, 4) is 0 Å². The monoisotopic (exact) mass is 460 g/mol. The van der Waals surface area contributed by atoms with Crippen LogP contribution in [-0.2, 0) is 25.9 Å². The largest absolute Gasteiger partial charge is 0.205 e. The van der Waals surface area contributed by atoms with Crippen molar-refractivity contribution in [2.75, 3.05) is 0 Å². The quantitative estimate of drug-likeness (QED) is 0.282. The zero-order valence-corrected chi connectivity index (χ0v) is 21.6. The third-order valence-corrected chi connectivity index (χ3v) is 6.95. The number of pyridine rings is 2. The minimum Gasteiger partial charge on any atom is -0.205 e. The van der Waals surface area contributed by atoms with Crippen LogP contribution in [0.5, 0.6) is 0 Å². The molecule has 3 rings (SSSR count). The molecule has 0 saturated heterocycles. The van der Waals surface area contributed by atoms with Crippen molar-refractivity contribution in [2.45, 2.75) is 116 Å². The lowest BCUT2D eigenvalue weighted by Gasteiger charge is -2.02. The highest BCUT2D eigenvalue weighted by molar-refractivity contribution is 5.10. The van der Waals surface area contributed by atoms with Gasteiger partial charge in [0.05, 0.1) is 0 Å². The molecule has 34 heavy (non-hydrogen) atoms. The van der Waals surface area contributed by atoms with Crippen molar-refractivity contribution in [3.63, 3.8) is 0 Å². The van der Waals surface area contributed by atoms with Gasteiger partial charge in [-0.05, 0) is 63.5 Å². The van der Waals surface area contributed by atoms with E-state index in [-0.39, 0.29) is 0 Å². The van der Waals surface area contributed by atoms with Crippen LogP contribution in [-0.4, -0.2) is 0 Å². The number of fused-ring (bicyclic) bond motifs is 4. The lowest BCUT2D eigenvalue weighted by molar-refractivity contribution is -0.697. The average Bonchev–Trinajstić information content (AvgIpc) is 2.86. The number of aryl methyl sites for hydroxylation is 2. The van der Waals surface area contributed by atoms with Gasteiger partial charge >= 0.3 is 0 Å². The van der Waals surface area contributed by atoms with Crippen LogP contribution < -0.4 is 9.13 Å². The first-order valence-electron chi connectivity index (χ1n) is 14.2. The van der Waals surface area contributed by atoms with Crippen molar-refractivity contribution < 1.29 is 9.13 Å². The minimum absolute atomic E-state index is 1.06. The summed E-state index contributed by atoms with van der Waals surface area (Å²) in [6.07, 6.45) is 39.4. The number of hydrogen-bond donors (Lipinski definition) is 0. The Morgan fingerprint density at radius 1 is 0.441 bits per heavy atom. The third kappa shape index (κ3) is 11.8. The Labute approximate surface area is 209 Å². The molecule has 0 atom stereocenters. The Morgan fingerprint density at radius 3 is 1.32 bits per heavy atom. The average molecular weight is 461 g/mol. The van der Waals surface area contributed by atoms with E-state index in [2.05, 4.69) is 82.5 Å². The third-order valence-electron chi connectivity index (χ3n) is 6.95. The van der Waals surface area contributed by atoms with E-state index in [1.165, 1.54) is 101 Å². The number of aromatic nitrogens is 2. The fourth-order valence-corrected chi connectivity index (χ4v) is 4.87. The molecule has 0 aliphatic carbocycles. The maximum absolute atomic E-state index is 2.39. The van der Waals surface area contributed by atoms with Gasteiger partial charge in [-0.15, -0.1) is 0 Å². The molecule has 184 valence electrons. The zero-order valence-electron chi connectivity index (χ0n) is 21.6. The van der Waals surface area contributed by atoms with Gasteiger partial charge < -0.3 is 0 Å². The summed E-state index contributed by atoms with van der Waals surface area (Å²) in [5.74, 6) is 0. The van der Waals surface area contributed by atoms with Crippen molar-refractivity contribution in [3.05, 3.63) is 84.5 Å².